The van der Waals surface area contributed by atoms with Crippen LogP contribution in [0.3, 0.4) is 0 Å². The first kappa shape index (κ1) is 39.3. The molecule has 280 valence electrons. The van der Waals surface area contributed by atoms with E-state index in [1.165, 1.54) is 24.3 Å². The van der Waals surface area contributed by atoms with Crippen molar-refractivity contribution >= 4 is 35.1 Å². The van der Waals surface area contributed by atoms with Crippen molar-refractivity contribution in [2.24, 2.45) is 23.7 Å². The van der Waals surface area contributed by atoms with Crippen LogP contribution in [-0.2, 0) is 9.59 Å². The lowest BCUT2D eigenvalue weighted by atomic mass is 9.82. The van der Waals surface area contributed by atoms with Crippen molar-refractivity contribution in [1.29, 1.82) is 0 Å². The summed E-state index contributed by atoms with van der Waals surface area (Å²) in [6.45, 7) is 9.14. The highest BCUT2D eigenvalue weighted by Gasteiger charge is 2.43. The fourth-order valence-electron chi connectivity index (χ4n) is 7.26. The molecule has 8 heteroatoms. The van der Waals surface area contributed by atoms with Crippen molar-refractivity contribution in [3.05, 3.63) is 121 Å². The largest absolute Gasteiger partial charge is 0.493 e. The van der Waals surface area contributed by atoms with Crippen molar-refractivity contribution in [3.8, 4) is 11.5 Å². The summed E-state index contributed by atoms with van der Waals surface area (Å²) in [6, 6.07) is 19.2. The summed E-state index contributed by atoms with van der Waals surface area (Å²) in [7, 11) is 0. The van der Waals surface area contributed by atoms with Gasteiger partial charge in [0.05, 0.1) is 19.1 Å². The van der Waals surface area contributed by atoms with Gasteiger partial charge >= 0.3 is 0 Å². The van der Waals surface area contributed by atoms with Gasteiger partial charge in [0, 0.05) is 17.8 Å². The minimum absolute atomic E-state index is 0.143. The Morgan fingerprint density at radius 3 is 1.64 bits per heavy atom. The number of carbonyl (C=O) groups is 2. The fraction of sp³-hybridized carbons (Fsp3) is 0.378. The number of nitrogen functional groups attached to an aromatic ring is 2. The Morgan fingerprint density at radius 2 is 1.19 bits per heavy atom. The third kappa shape index (κ3) is 11.3. The van der Waals surface area contributed by atoms with Gasteiger partial charge in [0.15, 0.2) is 5.78 Å². The Morgan fingerprint density at radius 1 is 0.717 bits per heavy atom. The summed E-state index contributed by atoms with van der Waals surface area (Å²) >= 11 is 0. The van der Waals surface area contributed by atoms with E-state index in [0.717, 1.165) is 74.5 Å². The third-order valence-electron chi connectivity index (χ3n) is 10.8. The van der Waals surface area contributed by atoms with Crippen LogP contribution in [0.2, 0.25) is 0 Å². The summed E-state index contributed by atoms with van der Waals surface area (Å²) in [5.74, 6) is -1.97. The van der Waals surface area contributed by atoms with Crippen LogP contribution < -0.4 is 20.9 Å². The second kappa shape index (κ2) is 18.7. The van der Waals surface area contributed by atoms with Gasteiger partial charge in [0.2, 0.25) is 11.6 Å². The van der Waals surface area contributed by atoms with E-state index in [9.17, 15) is 19.8 Å². The molecule has 0 radical (unpaired) electrons. The highest BCUT2D eigenvalue weighted by atomic mass is 16.5. The zero-order valence-corrected chi connectivity index (χ0v) is 30.6. The van der Waals surface area contributed by atoms with Crippen LogP contribution in [0.1, 0.15) is 80.4 Å². The highest BCUT2D eigenvalue weighted by Crippen LogP contribution is 2.36. The Bertz CT molecular complexity index is 1740. The molecule has 0 aliphatic heterocycles. The second-order valence-electron chi connectivity index (χ2n) is 14.7. The molecule has 0 amide bonds. The highest BCUT2D eigenvalue weighted by molar-refractivity contribution is 6.01. The molecule has 2 aliphatic carbocycles. The van der Waals surface area contributed by atoms with Gasteiger partial charge < -0.3 is 31.2 Å². The summed E-state index contributed by atoms with van der Waals surface area (Å²) in [5.41, 5.74) is 14.3. The smallest absolute Gasteiger partial charge is 0.235 e. The van der Waals surface area contributed by atoms with Gasteiger partial charge in [-0.2, -0.15) is 0 Å². The topological polar surface area (TPSA) is 145 Å². The van der Waals surface area contributed by atoms with E-state index in [4.69, 9.17) is 20.9 Å². The molecular formula is C45H54N2O6. The Hall–Kier alpha value is -4.92. The number of allylic oxidation sites excluding steroid dienone is 3. The minimum Gasteiger partial charge on any atom is -0.493 e. The number of ether oxygens (including phenoxy) is 2. The molecule has 6 N–H and O–H groups in total. The molecule has 3 aromatic carbocycles. The number of hydrogen-bond donors (Lipinski definition) is 4. The van der Waals surface area contributed by atoms with Gasteiger partial charge in [-0.3, -0.25) is 9.59 Å². The molecule has 2 saturated carbocycles. The van der Waals surface area contributed by atoms with E-state index in [-0.39, 0.29) is 11.3 Å². The molecule has 3 aromatic rings. The minimum atomic E-state index is -2.94. The molecular weight excluding hydrogens is 665 g/mol. The normalized spacial score (nSPS) is 21.2. The van der Waals surface area contributed by atoms with Gasteiger partial charge in [0.25, 0.3) is 0 Å². The number of benzene rings is 3. The van der Waals surface area contributed by atoms with Crippen LogP contribution in [0.15, 0.2) is 104 Å². The summed E-state index contributed by atoms with van der Waals surface area (Å²) in [6.07, 6.45) is 18.4. The second-order valence-corrected chi connectivity index (χ2v) is 14.7. The lowest BCUT2D eigenvalue weighted by Crippen LogP contribution is -2.44. The van der Waals surface area contributed by atoms with Crippen molar-refractivity contribution in [2.75, 3.05) is 24.7 Å². The van der Waals surface area contributed by atoms with E-state index >= 15 is 0 Å². The van der Waals surface area contributed by atoms with Crippen LogP contribution in [-0.4, -0.2) is 40.8 Å². The maximum atomic E-state index is 13.4. The number of hydrogen-bond acceptors (Lipinski definition) is 8. The third-order valence-corrected chi connectivity index (χ3v) is 10.8. The summed E-state index contributed by atoms with van der Waals surface area (Å²) < 4.78 is 12.0. The first-order valence-electron chi connectivity index (χ1n) is 18.8. The average Bonchev–Trinajstić information content (AvgIpc) is 3.18. The molecule has 2 fully saturated rings. The van der Waals surface area contributed by atoms with Crippen LogP contribution in [0.5, 0.6) is 11.5 Å². The Labute approximate surface area is 313 Å². The van der Waals surface area contributed by atoms with E-state index in [1.807, 2.05) is 42.5 Å². The molecule has 0 spiro atoms. The maximum Gasteiger partial charge on any atom is 0.235 e. The SMILES string of the molecule is C=CC1CCC(COc2ccc(C=CC(=O)CC(c3ccc(N)cc3N)C(O)(O)C(=O)C=Cc3ccc(OCC4CCC(C=C)CC4)cc3)cc2)CC1. The average molecular weight is 719 g/mol. The van der Waals surface area contributed by atoms with E-state index in [2.05, 4.69) is 19.2 Å². The molecule has 2 aliphatic rings. The first-order valence-corrected chi connectivity index (χ1v) is 18.8. The number of nitrogens with two attached hydrogens (primary N) is 2. The molecule has 1 atom stereocenters. The van der Waals surface area contributed by atoms with E-state index in [0.29, 0.717) is 48.1 Å². The zero-order valence-electron chi connectivity index (χ0n) is 30.6. The number of carbonyl (C=O) groups excluding carboxylic acids is 2. The number of rotatable bonds is 17. The van der Waals surface area contributed by atoms with Crippen LogP contribution in [0.4, 0.5) is 11.4 Å². The molecule has 0 bridgehead atoms. The molecule has 1 unspecified atom stereocenters. The van der Waals surface area contributed by atoms with Crippen molar-refractivity contribution in [3.63, 3.8) is 0 Å². The van der Waals surface area contributed by atoms with E-state index in [1.54, 1.807) is 24.3 Å². The van der Waals surface area contributed by atoms with Crippen molar-refractivity contribution in [1.82, 2.24) is 0 Å². The van der Waals surface area contributed by atoms with Gasteiger partial charge in [-0.25, -0.2) is 0 Å². The van der Waals surface area contributed by atoms with Gasteiger partial charge in [-0.05, 0) is 140 Å². The molecule has 0 heterocycles. The predicted octanol–water partition coefficient (Wildman–Crippen LogP) is 8.31. The summed E-state index contributed by atoms with van der Waals surface area (Å²) in [5, 5.41) is 22.6. The zero-order chi connectivity index (χ0) is 37.8. The van der Waals surface area contributed by atoms with Crippen LogP contribution in [0, 0.1) is 23.7 Å². The lowest BCUT2D eigenvalue weighted by molar-refractivity contribution is -0.187. The predicted molar refractivity (Wildman–Crippen MR) is 213 cm³/mol. The van der Waals surface area contributed by atoms with Gasteiger partial charge in [0.1, 0.15) is 11.5 Å². The molecule has 8 nitrogen and oxygen atoms in total. The molecule has 5 rings (SSSR count). The van der Waals surface area contributed by atoms with Gasteiger partial charge in [-0.1, -0.05) is 54.6 Å². The van der Waals surface area contributed by atoms with Crippen molar-refractivity contribution < 1.29 is 29.3 Å². The first-order chi connectivity index (χ1) is 25.5. The maximum absolute atomic E-state index is 13.4. The summed E-state index contributed by atoms with van der Waals surface area (Å²) in [4.78, 5) is 26.6. The van der Waals surface area contributed by atoms with Gasteiger partial charge in [-0.15, -0.1) is 13.2 Å². The number of ketones is 2. The Balaban J connectivity index is 1.19. The van der Waals surface area contributed by atoms with Crippen LogP contribution in [0.25, 0.3) is 12.2 Å². The molecule has 0 aromatic heterocycles. The number of anilines is 2. The quantitative estimate of drug-likeness (QED) is 0.0472. The standard InChI is InChI=1S/C45H54N2O6/c1-3-31-5-9-35(10-6-31)29-52-39-21-14-33(15-22-39)13-20-38(48)28-42(41-25-19-37(46)27-43(41)47)45(50,51)44(49)26-18-34-16-23-40(24-17-34)53-30-36-11-7-32(4-2)8-12-36/h3-4,13-27,31-32,35-36,42,50-51H,1-2,5-12,28-30,46-47H2. The lowest BCUT2D eigenvalue weighted by Gasteiger charge is -2.30. The van der Waals surface area contributed by atoms with Crippen molar-refractivity contribution in [2.45, 2.75) is 69.5 Å². The monoisotopic (exact) mass is 718 g/mol. The molecule has 53 heavy (non-hydrogen) atoms. The Kier molecular flexibility index (Phi) is 13.9. The van der Waals surface area contributed by atoms with E-state index < -0.39 is 29.7 Å². The van der Waals surface area contributed by atoms with Crippen LogP contribution >= 0.6 is 0 Å². The molecule has 0 saturated heterocycles. The fourth-order valence-corrected chi connectivity index (χ4v) is 7.26. The number of aliphatic hydroxyl groups is 2.